The van der Waals surface area contributed by atoms with Crippen LogP contribution in [0.25, 0.3) is 0 Å². The molecule has 1 aliphatic heterocycles. The molecule has 24 heavy (non-hydrogen) atoms. The third kappa shape index (κ3) is 3.57. The second kappa shape index (κ2) is 7.01. The second-order valence-electron chi connectivity index (χ2n) is 6.24. The molecule has 1 saturated heterocycles. The lowest BCUT2D eigenvalue weighted by Crippen LogP contribution is -2.53. The van der Waals surface area contributed by atoms with Crippen LogP contribution in [0, 0.1) is 5.82 Å². The van der Waals surface area contributed by atoms with Crippen molar-refractivity contribution < 1.29 is 9.18 Å². The number of likely N-dealkylation sites (N-methyl/N-ethyl adjacent to an activating group) is 1. The molecule has 2 aromatic carbocycles. The standard InChI is InChI=1S/C19H22FN3O/c1-21-18(24)19(22-17-9-5-8-16(20)12-17)10-11-23(14-19)13-15-6-3-2-4-7-15/h2-9,12,22H,10-11,13-14H2,1H3,(H,21,24). The zero-order valence-corrected chi connectivity index (χ0v) is 13.8. The third-order valence-corrected chi connectivity index (χ3v) is 4.47. The number of amides is 1. The topological polar surface area (TPSA) is 44.4 Å². The van der Waals surface area contributed by atoms with Gasteiger partial charge in [0.15, 0.2) is 0 Å². The number of anilines is 1. The van der Waals surface area contributed by atoms with Gasteiger partial charge in [-0.05, 0) is 30.2 Å². The monoisotopic (exact) mass is 327 g/mol. The van der Waals surface area contributed by atoms with Crippen molar-refractivity contribution in [2.45, 2.75) is 18.5 Å². The van der Waals surface area contributed by atoms with Crippen molar-refractivity contribution >= 4 is 11.6 Å². The van der Waals surface area contributed by atoms with E-state index < -0.39 is 5.54 Å². The predicted molar refractivity (Wildman–Crippen MR) is 93.2 cm³/mol. The fraction of sp³-hybridized carbons (Fsp3) is 0.316. The quantitative estimate of drug-likeness (QED) is 0.887. The highest BCUT2D eigenvalue weighted by Crippen LogP contribution is 2.28. The summed E-state index contributed by atoms with van der Waals surface area (Å²) in [5.74, 6) is -0.381. The molecular formula is C19H22FN3O. The van der Waals surface area contributed by atoms with Gasteiger partial charge in [-0.3, -0.25) is 9.69 Å². The lowest BCUT2D eigenvalue weighted by molar-refractivity contribution is -0.124. The van der Waals surface area contributed by atoms with Crippen LogP contribution < -0.4 is 10.6 Å². The van der Waals surface area contributed by atoms with E-state index in [4.69, 9.17) is 0 Å². The van der Waals surface area contributed by atoms with Crippen LogP contribution in [0.5, 0.6) is 0 Å². The number of benzene rings is 2. The lowest BCUT2D eigenvalue weighted by atomic mass is 9.96. The maximum Gasteiger partial charge on any atom is 0.246 e. The van der Waals surface area contributed by atoms with Gasteiger partial charge in [0.1, 0.15) is 11.4 Å². The molecule has 3 rings (SSSR count). The molecule has 0 saturated carbocycles. The van der Waals surface area contributed by atoms with Gasteiger partial charge < -0.3 is 10.6 Å². The average Bonchev–Trinajstić information content (AvgIpc) is 2.99. The van der Waals surface area contributed by atoms with Crippen molar-refractivity contribution in [2.75, 3.05) is 25.5 Å². The fourth-order valence-corrected chi connectivity index (χ4v) is 3.29. The van der Waals surface area contributed by atoms with E-state index in [-0.39, 0.29) is 11.7 Å². The smallest absolute Gasteiger partial charge is 0.246 e. The van der Waals surface area contributed by atoms with E-state index in [1.165, 1.54) is 17.7 Å². The Balaban J connectivity index is 1.76. The van der Waals surface area contributed by atoms with Gasteiger partial charge in [-0.15, -0.1) is 0 Å². The first-order valence-corrected chi connectivity index (χ1v) is 8.13. The molecule has 0 radical (unpaired) electrons. The van der Waals surface area contributed by atoms with Crippen molar-refractivity contribution in [1.29, 1.82) is 0 Å². The Kier molecular flexibility index (Phi) is 4.81. The van der Waals surface area contributed by atoms with E-state index in [0.29, 0.717) is 18.7 Å². The molecular weight excluding hydrogens is 305 g/mol. The maximum absolute atomic E-state index is 13.5. The molecule has 1 unspecified atom stereocenters. The number of nitrogens with zero attached hydrogens (tertiary/aromatic N) is 1. The second-order valence-corrected chi connectivity index (χ2v) is 6.24. The highest BCUT2D eigenvalue weighted by Gasteiger charge is 2.44. The third-order valence-electron chi connectivity index (χ3n) is 4.47. The first-order chi connectivity index (χ1) is 11.6. The number of halogens is 1. The Morgan fingerprint density at radius 2 is 2.00 bits per heavy atom. The average molecular weight is 327 g/mol. The predicted octanol–water partition coefficient (Wildman–Crippen LogP) is 2.63. The van der Waals surface area contributed by atoms with E-state index in [1.54, 1.807) is 19.2 Å². The Bertz CT molecular complexity index is 707. The number of nitrogens with one attached hydrogen (secondary N) is 2. The molecule has 2 N–H and O–H groups in total. The van der Waals surface area contributed by atoms with Gasteiger partial charge in [-0.25, -0.2) is 4.39 Å². The van der Waals surface area contributed by atoms with Crippen molar-refractivity contribution in [2.24, 2.45) is 0 Å². The highest BCUT2D eigenvalue weighted by molar-refractivity contribution is 5.90. The summed E-state index contributed by atoms with van der Waals surface area (Å²) in [5.41, 5.74) is 1.10. The summed E-state index contributed by atoms with van der Waals surface area (Å²) in [5, 5.41) is 6.01. The normalized spacial score (nSPS) is 20.8. The Labute approximate surface area is 141 Å². The maximum atomic E-state index is 13.5. The van der Waals surface area contributed by atoms with Crippen molar-refractivity contribution in [3.63, 3.8) is 0 Å². The minimum absolute atomic E-state index is 0.0673. The van der Waals surface area contributed by atoms with Gasteiger partial charge in [0.25, 0.3) is 0 Å². The van der Waals surface area contributed by atoms with E-state index in [1.807, 2.05) is 18.2 Å². The van der Waals surface area contributed by atoms with Crippen LogP contribution in [0.2, 0.25) is 0 Å². The molecule has 2 aromatic rings. The summed E-state index contributed by atoms with van der Waals surface area (Å²) in [4.78, 5) is 14.8. The first-order valence-electron chi connectivity index (χ1n) is 8.13. The Hall–Kier alpha value is -2.40. The van der Waals surface area contributed by atoms with Crippen LogP contribution in [0.4, 0.5) is 10.1 Å². The molecule has 0 aliphatic carbocycles. The zero-order valence-electron chi connectivity index (χ0n) is 13.8. The number of hydrogen-bond acceptors (Lipinski definition) is 3. The van der Waals surface area contributed by atoms with Crippen molar-refractivity contribution in [3.8, 4) is 0 Å². The molecule has 0 spiro atoms. The van der Waals surface area contributed by atoms with Gasteiger partial charge >= 0.3 is 0 Å². The van der Waals surface area contributed by atoms with Crippen LogP contribution in [0.1, 0.15) is 12.0 Å². The molecule has 0 aromatic heterocycles. The van der Waals surface area contributed by atoms with Gasteiger partial charge in [0, 0.05) is 32.4 Å². The fourth-order valence-electron chi connectivity index (χ4n) is 3.29. The van der Waals surface area contributed by atoms with E-state index in [0.717, 1.165) is 13.1 Å². The van der Waals surface area contributed by atoms with Crippen LogP contribution in [0.3, 0.4) is 0 Å². The minimum Gasteiger partial charge on any atom is -0.370 e. The summed E-state index contributed by atoms with van der Waals surface area (Å²) in [6.45, 7) is 2.19. The molecule has 1 atom stereocenters. The number of likely N-dealkylation sites (tertiary alicyclic amines) is 1. The summed E-state index contributed by atoms with van der Waals surface area (Å²) >= 11 is 0. The lowest BCUT2D eigenvalue weighted by Gasteiger charge is -2.30. The Morgan fingerprint density at radius 1 is 1.21 bits per heavy atom. The molecule has 1 heterocycles. The van der Waals surface area contributed by atoms with Crippen LogP contribution in [0.15, 0.2) is 54.6 Å². The van der Waals surface area contributed by atoms with Gasteiger partial charge in [-0.1, -0.05) is 36.4 Å². The molecule has 4 nitrogen and oxygen atoms in total. The summed E-state index contributed by atoms with van der Waals surface area (Å²) in [6, 6.07) is 16.4. The summed E-state index contributed by atoms with van der Waals surface area (Å²) in [6.07, 6.45) is 0.677. The Morgan fingerprint density at radius 3 is 2.71 bits per heavy atom. The van der Waals surface area contributed by atoms with Crippen molar-refractivity contribution in [1.82, 2.24) is 10.2 Å². The van der Waals surface area contributed by atoms with Crippen LogP contribution in [-0.4, -0.2) is 36.5 Å². The minimum atomic E-state index is -0.739. The van der Waals surface area contributed by atoms with Gasteiger partial charge in [0.05, 0.1) is 0 Å². The first kappa shape index (κ1) is 16.5. The van der Waals surface area contributed by atoms with E-state index in [2.05, 4.69) is 27.7 Å². The van der Waals surface area contributed by atoms with Gasteiger partial charge in [0.2, 0.25) is 5.91 Å². The molecule has 1 aliphatic rings. The molecule has 5 heteroatoms. The highest BCUT2D eigenvalue weighted by atomic mass is 19.1. The van der Waals surface area contributed by atoms with Crippen LogP contribution in [-0.2, 0) is 11.3 Å². The van der Waals surface area contributed by atoms with Crippen molar-refractivity contribution in [3.05, 3.63) is 66.0 Å². The largest absolute Gasteiger partial charge is 0.370 e. The molecule has 126 valence electrons. The number of carbonyl (C=O) groups is 1. The summed E-state index contributed by atoms with van der Waals surface area (Å²) in [7, 11) is 1.64. The summed E-state index contributed by atoms with van der Waals surface area (Å²) < 4.78 is 13.5. The molecule has 1 amide bonds. The zero-order chi connectivity index (χ0) is 17.0. The van der Waals surface area contributed by atoms with E-state index >= 15 is 0 Å². The van der Waals surface area contributed by atoms with Crippen LogP contribution >= 0.6 is 0 Å². The SMILES string of the molecule is CNC(=O)C1(Nc2cccc(F)c2)CCN(Cc2ccccc2)C1. The number of carbonyl (C=O) groups excluding carboxylic acids is 1. The number of rotatable bonds is 5. The molecule has 0 bridgehead atoms. The molecule has 1 fully saturated rings. The number of hydrogen-bond donors (Lipinski definition) is 2. The van der Waals surface area contributed by atoms with E-state index in [9.17, 15) is 9.18 Å². The van der Waals surface area contributed by atoms with Gasteiger partial charge in [-0.2, -0.15) is 0 Å².